The predicted octanol–water partition coefficient (Wildman–Crippen LogP) is 2.16. The van der Waals surface area contributed by atoms with Crippen molar-refractivity contribution >= 4 is 11.7 Å². The van der Waals surface area contributed by atoms with Crippen molar-refractivity contribution in [2.24, 2.45) is 0 Å². The van der Waals surface area contributed by atoms with Crippen molar-refractivity contribution < 1.29 is 4.79 Å². The molecule has 2 saturated heterocycles. The lowest BCUT2D eigenvalue weighted by molar-refractivity contribution is 0.229. The molecule has 4 heteroatoms. The molecular weight excluding hydrogens is 238 g/mol. The van der Waals surface area contributed by atoms with E-state index in [2.05, 4.69) is 30.4 Å². The lowest BCUT2D eigenvalue weighted by atomic mass is 9.89. The summed E-state index contributed by atoms with van der Waals surface area (Å²) in [5.41, 5.74) is 2.31. The second-order valence-corrected chi connectivity index (χ2v) is 5.74. The Morgan fingerprint density at radius 1 is 1.26 bits per heavy atom. The quantitative estimate of drug-likeness (QED) is 0.883. The molecule has 2 heterocycles. The Morgan fingerprint density at radius 2 is 2.05 bits per heavy atom. The van der Waals surface area contributed by atoms with Gasteiger partial charge in [-0.15, -0.1) is 0 Å². The second kappa shape index (κ2) is 4.53. The molecule has 0 radical (unpaired) electrons. The van der Waals surface area contributed by atoms with Crippen LogP contribution in [0.3, 0.4) is 0 Å². The van der Waals surface area contributed by atoms with E-state index in [-0.39, 0.29) is 11.6 Å². The standard InChI is InChI=1S/C15H21N3O/c1-15(8-5-9-16-15)12-6-3-4-7-13(12)18-11-10-17(2)14(18)19/h3-4,6-7,16H,5,8-11H2,1-2H3. The summed E-state index contributed by atoms with van der Waals surface area (Å²) in [6.45, 7) is 4.88. The minimum absolute atomic E-state index is 0.00195. The monoisotopic (exact) mass is 259 g/mol. The molecule has 1 N–H and O–H groups in total. The van der Waals surface area contributed by atoms with Gasteiger partial charge in [-0.25, -0.2) is 4.79 Å². The van der Waals surface area contributed by atoms with E-state index in [0.29, 0.717) is 0 Å². The first-order valence-corrected chi connectivity index (χ1v) is 6.99. The van der Waals surface area contributed by atoms with Crippen molar-refractivity contribution in [3.05, 3.63) is 29.8 Å². The zero-order valence-electron chi connectivity index (χ0n) is 11.6. The van der Waals surface area contributed by atoms with Gasteiger partial charge in [0.25, 0.3) is 0 Å². The maximum absolute atomic E-state index is 12.2. The number of nitrogens with zero attached hydrogens (tertiary/aromatic N) is 2. The fraction of sp³-hybridized carbons (Fsp3) is 0.533. The Kier molecular flexibility index (Phi) is 2.97. The molecule has 0 saturated carbocycles. The molecule has 1 unspecified atom stereocenters. The van der Waals surface area contributed by atoms with Gasteiger partial charge in [0.1, 0.15) is 0 Å². The summed E-state index contributed by atoms with van der Waals surface area (Å²) >= 11 is 0. The summed E-state index contributed by atoms with van der Waals surface area (Å²) in [5, 5.41) is 3.59. The molecule has 2 aliphatic rings. The average Bonchev–Trinajstić information content (AvgIpc) is 2.99. The van der Waals surface area contributed by atoms with Crippen molar-refractivity contribution in [3.63, 3.8) is 0 Å². The van der Waals surface area contributed by atoms with Crippen LogP contribution in [-0.4, -0.2) is 37.6 Å². The predicted molar refractivity (Wildman–Crippen MR) is 76.4 cm³/mol. The third kappa shape index (κ3) is 2.00. The van der Waals surface area contributed by atoms with Gasteiger partial charge in [0.2, 0.25) is 0 Å². The first-order valence-electron chi connectivity index (χ1n) is 6.99. The van der Waals surface area contributed by atoms with Gasteiger partial charge in [0, 0.05) is 25.7 Å². The molecule has 0 aromatic heterocycles. The number of hydrogen-bond donors (Lipinski definition) is 1. The topological polar surface area (TPSA) is 35.6 Å². The van der Waals surface area contributed by atoms with Crippen molar-refractivity contribution in [1.29, 1.82) is 0 Å². The van der Waals surface area contributed by atoms with Gasteiger partial charge < -0.3 is 10.2 Å². The highest BCUT2D eigenvalue weighted by Crippen LogP contribution is 2.37. The zero-order valence-corrected chi connectivity index (χ0v) is 11.6. The Labute approximate surface area is 114 Å². The molecule has 1 aromatic carbocycles. The van der Waals surface area contributed by atoms with Crippen molar-refractivity contribution in [2.75, 3.05) is 31.6 Å². The minimum Gasteiger partial charge on any atom is -0.326 e. The number of rotatable bonds is 2. The number of hydrogen-bond acceptors (Lipinski definition) is 2. The van der Waals surface area contributed by atoms with Crippen molar-refractivity contribution in [2.45, 2.75) is 25.3 Å². The molecule has 0 spiro atoms. The minimum atomic E-state index is -0.00195. The summed E-state index contributed by atoms with van der Waals surface area (Å²) in [5.74, 6) is 0. The molecule has 3 rings (SSSR count). The van der Waals surface area contributed by atoms with Crippen molar-refractivity contribution in [1.82, 2.24) is 10.2 Å². The number of likely N-dealkylation sites (N-methyl/N-ethyl adjacent to an activating group) is 1. The summed E-state index contributed by atoms with van der Waals surface area (Å²) in [4.78, 5) is 15.9. The van der Waals surface area contributed by atoms with E-state index >= 15 is 0 Å². The highest BCUT2D eigenvalue weighted by atomic mass is 16.2. The highest BCUT2D eigenvalue weighted by molar-refractivity contribution is 5.94. The van der Waals surface area contributed by atoms with E-state index in [1.54, 1.807) is 4.90 Å². The normalized spacial score (nSPS) is 27.4. The van der Waals surface area contributed by atoms with Crippen LogP contribution in [0.15, 0.2) is 24.3 Å². The van der Waals surface area contributed by atoms with Crippen LogP contribution in [0.4, 0.5) is 10.5 Å². The summed E-state index contributed by atoms with van der Waals surface area (Å²) in [7, 11) is 1.86. The third-order valence-corrected chi connectivity index (χ3v) is 4.37. The van der Waals surface area contributed by atoms with E-state index in [4.69, 9.17) is 0 Å². The molecule has 1 atom stereocenters. The van der Waals surface area contributed by atoms with Gasteiger partial charge in [0.05, 0.1) is 5.69 Å². The first-order chi connectivity index (χ1) is 9.12. The Hall–Kier alpha value is -1.55. The Morgan fingerprint density at radius 3 is 2.68 bits per heavy atom. The third-order valence-electron chi connectivity index (χ3n) is 4.37. The van der Waals surface area contributed by atoms with E-state index < -0.39 is 0 Å². The van der Waals surface area contributed by atoms with Gasteiger partial charge in [-0.2, -0.15) is 0 Å². The van der Waals surface area contributed by atoms with Crippen LogP contribution in [0.2, 0.25) is 0 Å². The van der Waals surface area contributed by atoms with Crippen LogP contribution in [0, 0.1) is 0 Å². The number of anilines is 1. The molecule has 19 heavy (non-hydrogen) atoms. The van der Waals surface area contributed by atoms with Gasteiger partial charge in [-0.05, 0) is 37.9 Å². The number of benzene rings is 1. The summed E-state index contributed by atoms with van der Waals surface area (Å²) in [6.07, 6.45) is 2.32. The van der Waals surface area contributed by atoms with E-state index in [1.165, 1.54) is 12.0 Å². The van der Waals surface area contributed by atoms with Gasteiger partial charge in [0.15, 0.2) is 0 Å². The van der Waals surface area contributed by atoms with E-state index in [1.807, 2.05) is 18.0 Å². The van der Waals surface area contributed by atoms with Gasteiger partial charge >= 0.3 is 6.03 Å². The molecule has 2 amide bonds. The second-order valence-electron chi connectivity index (χ2n) is 5.74. The Balaban J connectivity index is 2.00. The fourth-order valence-electron chi connectivity index (χ4n) is 3.17. The molecule has 102 valence electrons. The number of carbonyl (C=O) groups is 1. The number of nitrogens with one attached hydrogen (secondary N) is 1. The van der Waals surface area contributed by atoms with E-state index in [9.17, 15) is 4.79 Å². The van der Waals surface area contributed by atoms with Crippen LogP contribution in [-0.2, 0) is 5.54 Å². The number of amides is 2. The van der Waals surface area contributed by atoms with Crippen LogP contribution in [0.1, 0.15) is 25.3 Å². The Bertz CT molecular complexity index is 494. The number of carbonyl (C=O) groups excluding carboxylic acids is 1. The molecule has 0 aliphatic carbocycles. The largest absolute Gasteiger partial charge is 0.326 e. The van der Waals surface area contributed by atoms with Crippen LogP contribution >= 0.6 is 0 Å². The first kappa shape index (κ1) is 12.5. The van der Waals surface area contributed by atoms with Gasteiger partial charge in [-0.3, -0.25) is 4.90 Å². The SMILES string of the molecule is CN1CCN(c2ccccc2C2(C)CCCN2)C1=O. The molecule has 2 fully saturated rings. The average molecular weight is 259 g/mol. The lowest BCUT2D eigenvalue weighted by Gasteiger charge is -2.30. The van der Waals surface area contributed by atoms with Crippen LogP contribution in [0.5, 0.6) is 0 Å². The summed E-state index contributed by atoms with van der Waals surface area (Å²) < 4.78 is 0. The zero-order chi connectivity index (χ0) is 13.5. The number of para-hydroxylation sites is 1. The molecular formula is C15H21N3O. The maximum Gasteiger partial charge on any atom is 0.324 e. The lowest BCUT2D eigenvalue weighted by Crippen LogP contribution is -2.37. The molecule has 0 bridgehead atoms. The maximum atomic E-state index is 12.2. The smallest absolute Gasteiger partial charge is 0.324 e. The van der Waals surface area contributed by atoms with Crippen LogP contribution in [0.25, 0.3) is 0 Å². The molecule has 2 aliphatic heterocycles. The van der Waals surface area contributed by atoms with Crippen molar-refractivity contribution in [3.8, 4) is 0 Å². The van der Waals surface area contributed by atoms with Gasteiger partial charge in [-0.1, -0.05) is 18.2 Å². The fourth-order valence-corrected chi connectivity index (χ4v) is 3.17. The number of urea groups is 1. The highest BCUT2D eigenvalue weighted by Gasteiger charge is 2.36. The van der Waals surface area contributed by atoms with Crippen LogP contribution < -0.4 is 10.2 Å². The molecule has 4 nitrogen and oxygen atoms in total. The molecule has 1 aromatic rings. The van der Waals surface area contributed by atoms with E-state index in [0.717, 1.165) is 31.7 Å². The summed E-state index contributed by atoms with van der Waals surface area (Å²) in [6, 6.07) is 8.41.